The van der Waals surface area contributed by atoms with Gasteiger partial charge in [-0.15, -0.1) is 0 Å². The molecule has 2 saturated heterocycles. The number of imide groups is 1. The molecule has 0 spiro atoms. The molecule has 0 bridgehead atoms. The molecule has 2 aliphatic rings. The number of hydrogen-bond donors (Lipinski definition) is 3. The highest BCUT2D eigenvalue weighted by Crippen LogP contribution is 2.29. The molecule has 2 fully saturated rings. The molecule has 0 saturated carbocycles. The van der Waals surface area contributed by atoms with Gasteiger partial charge in [-0.1, -0.05) is 12.1 Å². The van der Waals surface area contributed by atoms with E-state index in [1.165, 1.54) is 4.90 Å². The number of aldehydes is 1. The minimum absolute atomic E-state index is 0.113. The molecule has 220 valence electrons. The molecule has 12 heteroatoms. The molecule has 1 atom stereocenters. The molecule has 0 aliphatic carbocycles. The van der Waals surface area contributed by atoms with Crippen LogP contribution in [-0.2, 0) is 19.1 Å². The Morgan fingerprint density at radius 3 is 2.52 bits per heavy atom. The van der Waals surface area contributed by atoms with E-state index in [1.54, 1.807) is 19.2 Å². The van der Waals surface area contributed by atoms with Crippen LogP contribution in [0, 0.1) is 0 Å². The van der Waals surface area contributed by atoms with Gasteiger partial charge in [0.25, 0.3) is 5.91 Å². The minimum atomic E-state index is -0.397. The maximum atomic E-state index is 13.4. The lowest BCUT2D eigenvalue weighted by atomic mass is 9.99. The number of nitrogens with one attached hydrogen (secondary N) is 3. The molecular formula is C28H42N6O6. The van der Waals surface area contributed by atoms with E-state index in [0.717, 1.165) is 45.4 Å². The Bertz CT molecular complexity index is 1010. The summed E-state index contributed by atoms with van der Waals surface area (Å²) in [6.45, 7) is 8.06. The van der Waals surface area contributed by atoms with Crippen molar-refractivity contribution in [3.63, 3.8) is 0 Å². The van der Waals surface area contributed by atoms with Crippen LogP contribution in [-0.4, -0.2) is 118 Å². The second-order valence-electron chi connectivity index (χ2n) is 10.4. The molecule has 0 radical (unpaired) electrons. The molecule has 1 aromatic rings. The number of hydrogen-bond acceptors (Lipinski definition) is 9. The van der Waals surface area contributed by atoms with Crippen LogP contribution in [0.3, 0.4) is 0 Å². The SMILES string of the molecule is CC(CCC(=O)NC=O)N(C)C(=O)c1c(C=O)cccc1N1CC(NCCOCCN2CCC(NC=O)CC2)C1. The van der Waals surface area contributed by atoms with E-state index in [1.807, 2.05) is 13.0 Å². The van der Waals surface area contributed by atoms with Gasteiger partial charge in [0, 0.05) is 76.4 Å². The third kappa shape index (κ3) is 8.83. The number of rotatable bonds is 17. The summed E-state index contributed by atoms with van der Waals surface area (Å²) in [4.78, 5) is 63.9. The number of nitrogens with zero attached hydrogens (tertiary/aromatic N) is 3. The highest BCUT2D eigenvalue weighted by molar-refractivity contribution is 6.06. The van der Waals surface area contributed by atoms with Gasteiger partial charge in [0.15, 0.2) is 6.29 Å². The van der Waals surface area contributed by atoms with Crippen LogP contribution in [0.2, 0.25) is 0 Å². The van der Waals surface area contributed by atoms with E-state index in [9.17, 15) is 24.0 Å². The summed E-state index contributed by atoms with van der Waals surface area (Å²) in [5.74, 6) is -0.680. The predicted molar refractivity (Wildman–Crippen MR) is 150 cm³/mol. The third-order valence-corrected chi connectivity index (χ3v) is 7.75. The van der Waals surface area contributed by atoms with E-state index in [4.69, 9.17) is 4.74 Å². The summed E-state index contributed by atoms with van der Waals surface area (Å²) in [5.41, 5.74) is 1.40. The van der Waals surface area contributed by atoms with Crippen molar-refractivity contribution in [1.82, 2.24) is 25.8 Å². The number of ether oxygens (including phenoxy) is 1. The van der Waals surface area contributed by atoms with Crippen LogP contribution >= 0.6 is 0 Å². The lowest BCUT2D eigenvalue weighted by Gasteiger charge is -2.42. The highest BCUT2D eigenvalue weighted by Gasteiger charge is 2.32. The van der Waals surface area contributed by atoms with Crippen molar-refractivity contribution in [3.05, 3.63) is 29.3 Å². The second-order valence-corrected chi connectivity index (χ2v) is 10.4. The molecule has 40 heavy (non-hydrogen) atoms. The van der Waals surface area contributed by atoms with Gasteiger partial charge in [0.1, 0.15) is 0 Å². The molecule has 4 amide bonds. The lowest BCUT2D eigenvalue weighted by molar-refractivity contribution is -0.125. The average Bonchev–Trinajstić information content (AvgIpc) is 2.94. The molecular weight excluding hydrogens is 516 g/mol. The first-order valence-electron chi connectivity index (χ1n) is 13.9. The Balaban J connectivity index is 1.41. The first-order chi connectivity index (χ1) is 19.4. The number of carbonyl (C=O) groups is 5. The smallest absolute Gasteiger partial charge is 0.256 e. The molecule has 3 rings (SSSR count). The quantitative estimate of drug-likeness (QED) is 0.178. The van der Waals surface area contributed by atoms with Crippen molar-refractivity contribution in [2.75, 3.05) is 64.4 Å². The van der Waals surface area contributed by atoms with Gasteiger partial charge < -0.3 is 30.1 Å². The summed E-state index contributed by atoms with van der Waals surface area (Å²) < 4.78 is 5.80. The topological polar surface area (TPSA) is 140 Å². The molecule has 0 aromatic heterocycles. The largest absolute Gasteiger partial charge is 0.379 e. The summed E-state index contributed by atoms with van der Waals surface area (Å²) in [6.07, 6.45) is 4.26. The fourth-order valence-electron chi connectivity index (χ4n) is 5.06. The summed E-state index contributed by atoms with van der Waals surface area (Å²) in [5, 5.41) is 8.44. The van der Waals surface area contributed by atoms with Crippen molar-refractivity contribution in [2.45, 2.75) is 50.7 Å². The summed E-state index contributed by atoms with van der Waals surface area (Å²) in [6, 6.07) is 5.54. The van der Waals surface area contributed by atoms with Gasteiger partial charge in [-0.25, -0.2) is 0 Å². The van der Waals surface area contributed by atoms with Crippen molar-refractivity contribution in [1.29, 1.82) is 0 Å². The standard InChI is InChI=1S/C28H42N6O6/c1-21(6-7-26(38)31-20-37)32(2)28(39)27-22(18-35)4-3-5-25(27)34-16-24(17-34)29-10-14-40-15-13-33-11-8-23(9-12-33)30-19-36/h3-5,18-21,23-24,29H,6-17H2,1-2H3,(H,30,36)(H,31,37,38). The van der Waals surface area contributed by atoms with Crippen molar-refractivity contribution < 1.29 is 28.7 Å². The monoisotopic (exact) mass is 558 g/mol. The Morgan fingerprint density at radius 2 is 1.85 bits per heavy atom. The zero-order valence-corrected chi connectivity index (χ0v) is 23.5. The maximum absolute atomic E-state index is 13.4. The predicted octanol–water partition coefficient (Wildman–Crippen LogP) is 0.0176. The van der Waals surface area contributed by atoms with Crippen LogP contribution in [0.15, 0.2) is 18.2 Å². The summed E-state index contributed by atoms with van der Waals surface area (Å²) >= 11 is 0. The number of amides is 4. The van der Waals surface area contributed by atoms with Crippen LogP contribution in [0.4, 0.5) is 5.69 Å². The van der Waals surface area contributed by atoms with E-state index >= 15 is 0 Å². The first-order valence-corrected chi connectivity index (χ1v) is 13.9. The molecule has 2 heterocycles. The van der Waals surface area contributed by atoms with Gasteiger partial charge >= 0.3 is 0 Å². The van der Waals surface area contributed by atoms with E-state index in [0.29, 0.717) is 62.2 Å². The third-order valence-electron chi connectivity index (χ3n) is 7.75. The average molecular weight is 559 g/mol. The Hall–Kier alpha value is -3.35. The van der Waals surface area contributed by atoms with Gasteiger partial charge in [-0.3, -0.25) is 29.3 Å². The molecule has 1 unspecified atom stereocenters. The van der Waals surface area contributed by atoms with Gasteiger partial charge in [-0.05, 0) is 32.3 Å². The minimum Gasteiger partial charge on any atom is -0.379 e. The number of likely N-dealkylation sites (tertiary alicyclic amines) is 1. The Kier molecular flexibility index (Phi) is 12.5. The van der Waals surface area contributed by atoms with Gasteiger partial charge in [0.2, 0.25) is 18.7 Å². The Labute approximate surface area is 235 Å². The normalized spacial score (nSPS) is 17.0. The van der Waals surface area contributed by atoms with Crippen LogP contribution in [0.5, 0.6) is 0 Å². The summed E-state index contributed by atoms with van der Waals surface area (Å²) in [7, 11) is 1.66. The number of benzene rings is 1. The fourth-order valence-corrected chi connectivity index (χ4v) is 5.06. The molecule has 12 nitrogen and oxygen atoms in total. The lowest BCUT2D eigenvalue weighted by Crippen LogP contribution is -2.59. The molecule has 2 aliphatic heterocycles. The first kappa shape index (κ1) is 31.2. The molecule has 1 aromatic carbocycles. The van der Waals surface area contributed by atoms with E-state index in [-0.39, 0.29) is 30.5 Å². The number of carbonyl (C=O) groups excluding carboxylic acids is 5. The fraction of sp³-hybridized carbons (Fsp3) is 0.607. The van der Waals surface area contributed by atoms with Crippen molar-refractivity contribution >= 4 is 36.6 Å². The van der Waals surface area contributed by atoms with Crippen LogP contribution in [0.25, 0.3) is 0 Å². The zero-order chi connectivity index (χ0) is 28.9. The van der Waals surface area contributed by atoms with E-state index < -0.39 is 5.91 Å². The molecule has 3 N–H and O–H groups in total. The van der Waals surface area contributed by atoms with Crippen LogP contribution < -0.4 is 20.9 Å². The van der Waals surface area contributed by atoms with Crippen molar-refractivity contribution in [3.8, 4) is 0 Å². The van der Waals surface area contributed by atoms with Gasteiger partial charge in [-0.2, -0.15) is 0 Å². The second kappa shape index (κ2) is 16.0. The zero-order valence-electron chi connectivity index (χ0n) is 23.5. The van der Waals surface area contributed by atoms with Crippen molar-refractivity contribution in [2.24, 2.45) is 0 Å². The highest BCUT2D eigenvalue weighted by atomic mass is 16.5. The number of anilines is 1. The maximum Gasteiger partial charge on any atom is 0.256 e. The Morgan fingerprint density at radius 1 is 1.10 bits per heavy atom. The number of piperidine rings is 1. The van der Waals surface area contributed by atoms with Gasteiger partial charge in [0.05, 0.1) is 24.5 Å². The van der Waals surface area contributed by atoms with E-state index in [2.05, 4.69) is 25.8 Å². The van der Waals surface area contributed by atoms with Crippen LogP contribution in [0.1, 0.15) is 53.3 Å².